The highest BCUT2D eigenvalue weighted by molar-refractivity contribution is 7.77. The molecular formula is C30H38NO3P. The van der Waals surface area contributed by atoms with Crippen LogP contribution in [0.2, 0.25) is 0 Å². The van der Waals surface area contributed by atoms with Crippen molar-refractivity contribution >= 4 is 23.9 Å². The standard InChI is InChI=1S/C30H38NO3P/c1-7-8-16-34-29(32)21-30(6,26-12-10-9-11-13-26)31-35(33,27-18-23(3)17-24(4)19-27)28-20-22(2)14-15-25(28)5/h9-15,17-20H,7-8,16,21H2,1-6H3,(H,31,33)/t30-,35?/m1/s1. The first-order chi connectivity index (χ1) is 16.6. The number of unbranched alkanes of at least 4 members (excludes halogenated alkanes) is 1. The minimum Gasteiger partial charge on any atom is -0.466 e. The van der Waals surface area contributed by atoms with Gasteiger partial charge in [0.2, 0.25) is 7.29 Å². The molecule has 1 unspecified atom stereocenters. The summed E-state index contributed by atoms with van der Waals surface area (Å²) in [6.07, 6.45) is 1.85. The van der Waals surface area contributed by atoms with Gasteiger partial charge in [0.1, 0.15) is 0 Å². The number of benzene rings is 3. The Kier molecular flexibility index (Phi) is 8.74. The molecule has 0 bridgehead atoms. The number of ether oxygens (including phenoxy) is 1. The van der Waals surface area contributed by atoms with E-state index in [0.29, 0.717) is 6.61 Å². The van der Waals surface area contributed by atoms with Crippen molar-refractivity contribution in [2.45, 2.75) is 66.3 Å². The summed E-state index contributed by atoms with van der Waals surface area (Å²) in [6.45, 7) is 12.4. The van der Waals surface area contributed by atoms with Crippen molar-refractivity contribution < 1.29 is 14.1 Å². The number of aryl methyl sites for hydroxylation is 4. The van der Waals surface area contributed by atoms with Gasteiger partial charge < -0.3 is 4.74 Å². The number of rotatable bonds is 10. The summed E-state index contributed by atoms with van der Waals surface area (Å²) in [5.74, 6) is -0.301. The second-order valence-electron chi connectivity index (χ2n) is 9.81. The lowest BCUT2D eigenvalue weighted by molar-refractivity contribution is -0.145. The second kappa shape index (κ2) is 11.4. The SMILES string of the molecule is CCCCOC(=O)C[C@@](C)(NP(=O)(c1cc(C)cc(C)c1)c1cc(C)ccc1C)c1ccccc1. The number of nitrogens with one attached hydrogen (secondary N) is 1. The molecule has 0 spiro atoms. The van der Waals surface area contributed by atoms with Crippen LogP contribution in [0.5, 0.6) is 0 Å². The Bertz CT molecular complexity index is 1200. The van der Waals surface area contributed by atoms with E-state index in [-0.39, 0.29) is 12.4 Å². The molecule has 3 aromatic rings. The molecule has 186 valence electrons. The molecule has 0 saturated heterocycles. The maximum atomic E-state index is 15.3. The summed E-state index contributed by atoms with van der Waals surface area (Å²) in [5, 5.41) is 5.06. The van der Waals surface area contributed by atoms with Crippen LogP contribution in [-0.2, 0) is 19.6 Å². The highest BCUT2D eigenvalue weighted by atomic mass is 31.2. The summed E-state index contributed by atoms with van der Waals surface area (Å²) in [4.78, 5) is 12.9. The predicted molar refractivity (Wildman–Crippen MR) is 146 cm³/mol. The first-order valence-corrected chi connectivity index (χ1v) is 14.1. The lowest BCUT2D eigenvalue weighted by Crippen LogP contribution is -2.44. The summed E-state index contributed by atoms with van der Waals surface area (Å²) < 4.78 is 20.8. The van der Waals surface area contributed by atoms with E-state index in [9.17, 15) is 4.79 Å². The largest absolute Gasteiger partial charge is 0.466 e. The van der Waals surface area contributed by atoms with Crippen molar-refractivity contribution in [1.82, 2.24) is 5.09 Å². The zero-order chi connectivity index (χ0) is 25.6. The van der Waals surface area contributed by atoms with Gasteiger partial charge in [-0.15, -0.1) is 0 Å². The van der Waals surface area contributed by atoms with E-state index in [1.807, 2.05) is 95.3 Å². The minimum absolute atomic E-state index is 0.0698. The Labute approximate surface area is 210 Å². The van der Waals surface area contributed by atoms with Gasteiger partial charge in [-0.25, -0.2) is 5.09 Å². The molecule has 3 aromatic carbocycles. The second-order valence-corrected chi connectivity index (χ2v) is 12.2. The van der Waals surface area contributed by atoms with Gasteiger partial charge in [0.25, 0.3) is 0 Å². The highest BCUT2D eigenvalue weighted by Crippen LogP contribution is 2.46. The summed E-state index contributed by atoms with van der Waals surface area (Å²) >= 11 is 0. The van der Waals surface area contributed by atoms with E-state index >= 15 is 4.57 Å². The molecular weight excluding hydrogens is 453 g/mol. The molecule has 3 rings (SSSR count). The van der Waals surface area contributed by atoms with E-state index in [0.717, 1.165) is 51.3 Å². The zero-order valence-corrected chi connectivity index (χ0v) is 22.7. The van der Waals surface area contributed by atoms with Crippen molar-refractivity contribution in [3.63, 3.8) is 0 Å². The minimum atomic E-state index is -3.38. The van der Waals surface area contributed by atoms with Gasteiger partial charge in [-0.05, 0) is 70.4 Å². The molecule has 0 amide bonds. The number of carbonyl (C=O) groups is 1. The monoisotopic (exact) mass is 491 g/mol. The molecule has 4 nitrogen and oxygen atoms in total. The Balaban J connectivity index is 2.17. The van der Waals surface area contributed by atoms with Crippen LogP contribution in [0, 0.1) is 27.7 Å². The average Bonchev–Trinajstić information content (AvgIpc) is 2.80. The highest BCUT2D eigenvalue weighted by Gasteiger charge is 2.40. The van der Waals surface area contributed by atoms with Gasteiger partial charge in [0.05, 0.1) is 18.6 Å². The van der Waals surface area contributed by atoms with Crippen LogP contribution >= 0.6 is 7.29 Å². The van der Waals surface area contributed by atoms with E-state index in [2.05, 4.69) is 18.1 Å². The molecule has 0 fully saturated rings. The molecule has 5 heteroatoms. The zero-order valence-electron chi connectivity index (χ0n) is 21.9. The smallest absolute Gasteiger partial charge is 0.308 e. The normalized spacial score (nSPS) is 14.7. The van der Waals surface area contributed by atoms with Crippen molar-refractivity contribution in [1.29, 1.82) is 0 Å². The number of hydrogen-bond acceptors (Lipinski definition) is 3. The van der Waals surface area contributed by atoms with Gasteiger partial charge in [-0.2, -0.15) is 0 Å². The van der Waals surface area contributed by atoms with Gasteiger partial charge in [-0.3, -0.25) is 9.36 Å². The topological polar surface area (TPSA) is 55.4 Å². The Hall–Kier alpha value is -2.68. The van der Waals surface area contributed by atoms with Crippen molar-refractivity contribution in [2.75, 3.05) is 6.61 Å². The molecule has 2 atom stereocenters. The summed E-state index contributed by atoms with van der Waals surface area (Å²) in [5.41, 5.74) is 4.07. The van der Waals surface area contributed by atoms with Gasteiger partial charge in [0, 0.05) is 10.6 Å². The van der Waals surface area contributed by atoms with E-state index in [4.69, 9.17) is 4.74 Å². The van der Waals surface area contributed by atoms with Crippen LogP contribution in [0.25, 0.3) is 0 Å². The van der Waals surface area contributed by atoms with E-state index < -0.39 is 12.8 Å². The quantitative estimate of drug-likeness (QED) is 0.203. The van der Waals surface area contributed by atoms with Crippen LogP contribution in [-0.4, -0.2) is 12.6 Å². The fraction of sp³-hybridized carbons (Fsp3) is 0.367. The third-order valence-corrected chi connectivity index (χ3v) is 9.30. The first kappa shape index (κ1) is 26.9. The number of hydrogen-bond donors (Lipinski definition) is 1. The van der Waals surface area contributed by atoms with Crippen LogP contribution in [0.1, 0.15) is 60.9 Å². The van der Waals surface area contributed by atoms with Crippen LogP contribution in [0.4, 0.5) is 0 Å². The van der Waals surface area contributed by atoms with Crippen LogP contribution in [0.15, 0.2) is 66.7 Å². The van der Waals surface area contributed by atoms with Gasteiger partial charge in [-0.1, -0.05) is 78.6 Å². The number of carbonyl (C=O) groups excluding carboxylic acids is 1. The molecule has 0 saturated carbocycles. The van der Waals surface area contributed by atoms with Crippen molar-refractivity contribution in [3.8, 4) is 0 Å². The Morgan fingerprint density at radius 1 is 0.914 bits per heavy atom. The molecule has 0 radical (unpaired) electrons. The molecule has 0 aliphatic rings. The number of esters is 1. The third-order valence-electron chi connectivity index (χ3n) is 6.35. The van der Waals surface area contributed by atoms with Gasteiger partial charge >= 0.3 is 5.97 Å². The van der Waals surface area contributed by atoms with Crippen molar-refractivity contribution in [3.05, 3.63) is 94.5 Å². The van der Waals surface area contributed by atoms with Crippen LogP contribution < -0.4 is 15.7 Å². The maximum Gasteiger partial charge on any atom is 0.308 e. The summed E-state index contributed by atoms with van der Waals surface area (Å²) in [6, 6.07) is 21.9. The lowest BCUT2D eigenvalue weighted by Gasteiger charge is -2.36. The van der Waals surface area contributed by atoms with Gasteiger partial charge in [0.15, 0.2) is 0 Å². The molecule has 0 aliphatic carbocycles. The van der Waals surface area contributed by atoms with E-state index in [1.54, 1.807) is 0 Å². The molecule has 35 heavy (non-hydrogen) atoms. The molecule has 0 aliphatic heterocycles. The fourth-order valence-corrected chi connectivity index (χ4v) is 7.64. The van der Waals surface area contributed by atoms with E-state index in [1.165, 1.54) is 0 Å². The summed E-state index contributed by atoms with van der Waals surface area (Å²) in [7, 11) is -3.38. The first-order valence-electron chi connectivity index (χ1n) is 12.3. The third kappa shape index (κ3) is 6.51. The van der Waals surface area contributed by atoms with Crippen LogP contribution in [0.3, 0.4) is 0 Å². The molecule has 0 heterocycles. The fourth-order valence-electron chi connectivity index (χ4n) is 4.48. The lowest BCUT2D eigenvalue weighted by atomic mass is 9.90. The van der Waals surface area contributed by atoms with Crippen molar-refractivity contribution in [2.24, 2.45) is 0 Å². The predicted octanol–water partition coefficient (Wildman–Crippen LogP) is 6.39. The Morgan fingerprint density at radius 2 is 1.57 bits per heavy atom. The maximum absolute atomic E-state index is 15.3. The Morgan fingerprint density at radius 3 is 2.20 bits per heavy atom. The molecule has 1 N–H and O–H groups in total. The molecule has 0 aromatic heterocycles. The average molecular weight is 492 g/mol.